The molecule has 2 nitrogen and oxygen atoms in total. The minimum absolute atomic E-state index is 0.579. The van der Waals surface area contributed by atoms with Crippen molar-refractivity contribution in [3.63, 3.8) is 0 Å². The molecule has 0 heterocycles. The third kappa shape index (κ3) is 3.99. The molecule has 0 fully saturated rings. The van der Waals surface area contributed by atoms with E-state index in [9.17, 15) is 0 Å². The Kier molecular flexibility index (Phi) is 4.77. The molecule has 1 aromatic carbocycles. The van der Waals surface area contributed by atoms with E-state index in [1.54, 1.807) is 0 Å². The standard InChI is InChI=1S/C11H17ClN2/c1-9(8-13)6-7-14-11-4-2-10(12)3-5-11/h2-5,9,14H,6-8,13H2,1H3. The number of hydrogen-bond donors (Lipinski definition) is 2. The van der Waals surface area contributed by atoms with Gasteiger partial charge in [0.1, 0.15) is 0 Å². The third-order valence-corrected chi connectivity index (χ3v) is 2.46. The van der Waals surface area contributed by atoms with E-state index in [4.69, 9.17) is 17.3 Å². The van der Waals surface area contributed by atoms with E-state index in [1.807, 2.05) is 24.3 Å². The summed E-state index contributed by atoms with van der Waals surface area (Å²) >= 11 is 5.77. The first-order valence-corrected chi connectivity index (χ1v) is 5.29. The van der Waals surface area contributed by atoms with E-state index in [0.29, 0.717) is 5.92 Å². The maximum Gasteiger partial charge on any atom is 0.0407 e. The van der Waals surface area contributed by atoms with Crippen molar-refractivity contribution < 1.29 is 0 Å². The second-order valence-corrected chi connectivity index (χ2v) is 4.00. The molecule has 1 aromatic rings. The molecule has 3 N–H and O–H groups in total. The van der Waals surface area contributed by atoms with Crippen LogP contribution in [0.3, 0.4) is 0 Å². The van der Waals surface area contributed by atoms with Crippen molar-refractivity contribution in [2.75, 3.05) is 18.4 Å². The van der Waals surface area contributed by atoms with Crippen molar-refractivity contribution >= 4 is 17.3 Å². The van der Waals surface area contributed by atoms with E-state index in [2.05, 4.69) is 12.2 Å². The molecule has 0 saturated carbocycles. The third-order valence-electron chi connectivity index (χ3n) is 2.21. The monoisotopic (exact) mass is 212 g/mol. The highest BCUT2D eigenvalue weighted by molar-refractivity contribution is 6.30. The van der Waals surface area contributed by atoms with Crippen LogP contribution in [-0.2, 0) is 0 Å². The zero-order chi connectivity index (χ0) is 10.4. The lowest BCUT2D eigenvalue weighted by molar-refractivity contribution is 0.561. The topological polar surface area (TPSA) is 38.0 Å². The Morgan fingerprint density at radius 1 is 1.36 bits per heavy atom. The summed E-state index contributed by atoms with van der Waals surface area (Å²) in [7, 11) is 0. The Bertz CT molecular complexity index is 258. The predicted octanol–water partition coefficient (Wildman–Crippen LogP) is 2.74. The van der Waals surface area contributed by atoms with E-state index in [1.165, 1.54) is 0 Å². The van der Waals surface area contributed by atoms with Crippen LogP contribution in [0, 0.1) is 5.92 Å². The summed E-state index contributed by atoms with van der Waals surface area (Å²) in [5.41, 5.74) is 6.64. The second-order valence-electron chi connectivity index (χ2n) is 3.56. The highest BCUT2D eigenvalue weighted by atomic mass is 35.5. The molecule has 0 saturated heterocycles. The fourth-order valence-corrected chi connectivity index (χ4v) is 1.27. The molecule has 0 spiro atoms. The first kappa shape index (κ1) is 11.3. The van der Waals surface area contributed by atoms with Crippen LogP contribution in [0.5, 0.6) is 0 Å². The molecule has 1 atom stereocenters. The van der Waals surface area contributed by atoms with Crippen molar-refractivity contribution in [3.8, 4) is 0 Å². The summed E-state index contributed by atoms with van der Waals surface area (Å²) in [6.07, 6.45) is 1.10. The summed E-state index contributed by atoms with van der Waals surface area (Å²) in [5.74, 6) is 0.579. The SMILES string of the molecule is CC(CN)CCNc1ccc(Cl)cc1. The average molecular weight is 213 g/mol. The first-order chi connectivity index (χ1) is 6.72. The molecule has 0 aliphatic rings. The van der Waals surface area contributed by atoms with Gasteiger partial charge in [0.05, 0.1) is 0 Å². The molecule has 0 amide bonds. The minimum Gasteiger partial charge on any atom is -0.385 e. The number of anilines is 1. The van der Waals surface area contributed by atoms with Crippen LogP contribution in [0.2, 0.25) is 5.02 Å². The Labute approximate surface area is 90.4 Å². The number of halogens is 1. The first-order valence-electron chi connectivity index (χ1n) is 4.92. The quantitative estimate of drug-likeness (QED) is 0.788. The van der Waals surface area contributed by atoms with Gasteiger partial charge in [-0.2, -0.15) is 0 Å². The molecule has 0 aliphatic heterocycles. The second kappa shape index (κ2) is 5.89. The van der Waals surface area contributed by atoms with E-state index >= 15 is 0 Å². The molecule has 78 valence electrons. The van der Waals surface area contributed by atoms with Gasteiger partial charge in [0.15, 0.2) is 0 Å². The number of benzene rings is 1. The van der Waals surface area contributed by atoms with Crippen LogP contribution in [-0.4, -0.2) is 13.1 Å². The molecule has 1 rings (SSSR count). The molecule has 0 aliphatic carbocycles. The highest BCUT2D eigenvalue weighted by Gasteiger charge is 1.98. The van der Waals surface area contributed by atoms with Gasteiger partial charge in [0, 0.05) is 17.3 Å². The van der Waals surface area contributed by atoms with Crippen molar-refractivity contribution in [2.24, 2.45) is 11.7 Å². The van der Waals surface area contributed by atoms with E-state index in [0.717, 1.165) is 30.2 Å². The number of hydrogen-bond acceptors (Lipinski definition) is 2. The predicted molar refractivity (Wildman–Crippen MR) is 62.8 cm³/mol. The number of nitrogens with two attached hydrogens (primary N) is 1. The van der Waals surface area contributed by atoms with Crippen molar-refractivity contribution in [2.45, 2.75) is 13.3 Å². The molecule has 0 radical (unpaired) electrons. The molecular formula is C11H17ClN2. The fourth-order valence-electron chi connectivity index (χ4n) is 1.15. The van der Waals surface area contributed by atoms with Crippen molar-refractivity contribution in [3.05, 3.63) is 29.3 Å². The van der Waals surface area contributed by atoms with Gasteiger partial charge < -0.3 is 11.1 Å². The largest absolute Gasteiger partial charge is 0.385 e. The summed E-state index contributed by atoms with van der Waals surface area (Å²) in [6, 6.07) is 7.73. The fraction of sp³-hybridized carbons (Fsp3) is 0.455. The molecule has 1 unspecified atom stereocenters. The van der Waals surface area contributed by atoms with Gasteiger partial charge in [-0.15, -0.1) is 0 Å². The van der Waals surface area contributed by atoms with Gasteiger partial charge in [-0.25, -0.2) is 0 Å². The van der Waals surface area contributed by atoms with Gasteiger partial charge in [-0.1, -0.05) is 18.5 Å². The zero-order valence-corrected chi connectivity index (χ0v) is 9.22. The average Bonchev–Trinajstić information content (AvgIpc) is 2.21. The van der Waals surface area contributed by atoms with Crippen LogP contribution in [0.15, 0.2) is 24.3 Å². The Morgan fingerprint density at radius 3 is 2.57 bits per heavy atom. The lowest BCUT2D eigenvalue weighted by Crippen LogP contribution is -2.14. The number of rotatable bonds is 5. The summed E-state index contributed by atoms with van der Waals surface area (Å²) in [5, 5.41) is 4.09. The van der Waals surface area contributed by atoms with E-state index in [-0.39, 0.29) is 0 Å². The maximum atomic E-state index is 5.77. The lowest BCUT2D eigenvalue weighted by atomic mass is 10.1. The number of nitrogens with one attached hydrogen (secondary N) is 1. The Hall–Kier alpha value is -0.730. The van der Waals surface area contributed by atoms with Gasteiger partial charge >= 0.3 is 0 Å². The molecular weight excluding hydrogens is 196 g/mol. The van der Waals surface area contributed by atoms with Crippen LogP contribution in [0.1, 0.15) is 13.3 Å². The lowest BCUT2D eigenvalue weighted by Gasteiger charge is -2.10. The normalized spacial score (nSPS) is 12.5. The Balaban J connectivity index is 2.28. The maximum absolute atomic E-state index is 5.77. The van der Waals surface area contributed by atoms with Crippen LogP contribution < -0.4 is 11.1 Å². The molecule has 0 aromatic heterocycles. The highest BCUT2D eigenvalue weighted by Crippen LogP contribution is 2.13. The zero-order valence-electron chi connectivity index (χ0n) is 8.46. The van der Waals surface area contributed by atoms with Gasteiger partial charge in [0.2, 0.25) is 0 Å². The van der Waals surface area contributed by atoms with Gasteiger partial charge in [-0.05, 0) is 43.1 Å². The molecule has 3 heteroatoms. The van der Waals surface area contributed by atoms with Gasteiger partial charge in [0.25, 0.3) is 0 Å². The van der Waals surface area contributed by atoms with Crippen LogP contribution in [0.4, 0.5) is 5.69 Å². The summed E-state index contributed by atoms with van der Waals surface area (Å²) in [6.45, 7) is 3.87. The Morgan fingerprint density at radius 2 is 2.00 bits per heavy atom. The van der Waals surface area contributed by atoms with Crippen molar-refractivity contribution in [1.82, 2.24) is 0 Å². The van der Waals surface area contributed by atoms with Crippen LogP contribution >= 0.6 is 11.6 Å². The minimum atomic E-state index is 0.579. The van der Waals surface area contributed by atoms with Crippen LogP contribution in [0.25, 0.3) is 0 Å². The summed E-state index contributed by atoms with van der Waals surface area (Å²) < 4.78 is 0. The van der Waals surface area contributed by atoms with Crippen molar-refractivity contribution in [1.29, 1.82) is 0 Å². The molecule has 0 bridgehead atoms. The van der Waals surface area contributed by atoms with Gasteiger partial charge in [-0.3, -0.25) is 0 Å². The summed E-state index contributed by atoms with van der Waals surface area (Å²) in [4.78, 5) is 0. The smallest absolute Gasteiger partial charge is 0.0407 e. The van der Waals surface area contributed by atoms with E-state index < -0.39 is 0 Å². The molecule has 14 heavy (non-hydrogen) atoms.